The van der Waals surface area contributed by atoms with Crippen LogP contribution in [0.1, 0.15) is 19.2 Å². The zero-order chi connectivity index (χ0) is 13.1. The molecule has 0 saturated carbocycles. The molecule has 0 aliphatic rings. The Morgan fingerprint density at radius 1 is 1.65 bits per heavy atom. The fourth-order valence-electron chi connectivity index (χ4n) is 1.32. The number of nitrogens with one attached hydrogen (secondary N) is 1. The van der Waals surface area contributed by atoms with Crippen molar-refractivity contribution in [1.29, 1.82) is 0 Å². The molecular formula is C9H16N4O2S2. The van der Waals surface area contributed by atoms with Gasteiger partial charge < -0.3 is 10.3 Å². The van der Waals surface area contributed by atoms with Crippen LogP contribution < -0.4 is 10.5 Å². The molecule has 0 atom stereocenters. The fourth-order valence-corrected chi connectivity index (χ4v) is 2.49. The summed E-state index contributed by atoms with van der Waals surface area (Å²) < 4.78 is 27.7. The molecule has 0 aliphatic carbocycles. The Morgan fingerprint density at radius 2 is 2.29 bits per heavy atom. The second-order valence-corrected chi connectivity index (χ2v) is 5.85. The van der Waals surface area contributed by atoms with Gasteiger partial charge in [0, 0.05) is 12.7 Å². The van der Waals surface area contributed by atoms with E-state index < -0.39 is 10.0 Å². The predicted molar refractivity (Wildman–Crippen MR) is 69.2 cm³/mol. The van der Waals surface area contributed by atoms with Gasteiger partial charge in [-0.1, -0.05) is 19.1 Å². The third-order valence-electron chi connectivity index (χ3n) is 2.13. The first-order chi connectivity index (χ1) is 7.86. The lowest BCUT2D eigenvalue weighted by atomic mass is 10.5. The van der Waals surface area contributed by atoms with Crippen LogP contribution >= 0.6 is 12.2 Å². The number of nitrogens with zero attached hydrogens (tertiary/aromatic N) is 2. The Kier molecular flexibility index (Phi) is 4.61. The van der Waals surface area contributed by atoms with E-state index in [0.29, 0.717) is 5.82 Å². The number of sulfonamides is 1. The number of nitrogens with two attached hydrogens (primary N) is 1. The van der Waals surface area contributed by atoms with E-state index in [0.717, 1.165) is 13.0 Å². The number of imidazole rings is 1. The van der Waals surface area contributed by atoms with E-state index in [-0.39, 0.29) is 16.6 Å². The van der Waals surface area contributed by atoms with Crippen LogP contribution in [-0.2, 0) is 16.6 Å². The number of aromatic nitrogens is 2. The van der Waals surface area contributed by atoms with Crippen molar-refractivity contribution >= 4 is 27.2 Å². The Balaban J connectivity index is 2.91. The van der Waals surface area contributed by atoms with E-state index in [2.05, 4.69) is 21.9 Å². The molecule has 0 amide bonds. The van der Waals surface area contributed by atoms with Crippen molar-refractivity contribution < 1.29 is 8.42 Å². The van der Waals surface area contributed by atoms with Crippen molar-refractivity contribution in [2.24, 2.45) is 5.73 Å². The van der Waals surface area contributed by atoms with Gasteiger partial charge in [-0.3, -0.25) is 0 Å². The molecule has 6 nitrogen and oxygen atoms in total. The monoisotopic (exact) mass is 276 g/mol. The van der Waals surface area contributed by atoms with Crippen LogP contribution in [0.5, 0.6) is 0 Å². The van der Waals surface area contributed by atoms with Crippen LogP contribution in [0.25, 0.3) is 0 Å². The molecule has 3 N–H and O–H groups in total. The van der Waals surface area contributed by atoms with Gasteiger partial charge in [0.2, 0.25) is 0 Å². The van der Waals surface area contributed by atoms with Crippen LogP contribution in [0.2, 0.25) is 0 Å². The standard InChI is InChI=1S/C9H16N4O2S2/c1-3-4-13-6-9(12-7(13)2)17(14,15)11-5-8(10)16/h6,11H,3-5H2,1-2H3,(H2,10,16). The van der Waals surface area contributed by atoms with E-state index in [1.165, 1.54) is 6.20 Å². The minimum absolute atomic E-state index is 0.000278. The zero-order valence-corrected chi connectivity index (χ0v) is 11.4. The number of rotatable bonds is 6. The van der Waals surface area contributed by atoms with Gasteiger partial charge in [0.05, 0.1) is 11.5 Å². The van der Waals surface area contributed by atoms with Crippen LogP contribution in [0, 0.1) is 6.92 Å². The van der Waals surface area contributed by atoms with Gasteiger partial charge in [0.15, 0.2) is 5.03 Å². The Morgan fingerprint density at radius 3 is 2.82 bits per heavy atom. The molecule has 1 rings (SSSR count). The van der Waals surface area contributed by atoms with Crippen molar-refractivity contribution in [2.45, 2.75) is 31.8 Å². The lowest BCUT2D eigenvalue weighted by Crippen LogP contribution is -2.32. The molecule has 0 bridgehead atoms. The summed E-state index contributed by atoms with van der Waals surface area (Å²) in [6.07, 6.45) is 2.43. The maximum absolute atomic E-state index is 11.8. The quantitative estimate of drug-likeness (QED) is 0.723. The molecule has 1 aromatic rings. The number of hydrogen-bond donors (Lipinski definition) is 2. The highest BCUT2D eigenvalue weighted by atomic mass is 32.2. The summed E-state index contributed by atoms with van der Waals surface area (Å²) in [5.74, 6) is 0.669. The van der Waals surface area contributed by atoms with Crippen molar-refractivity contribution in [3.63, 3.8) is 0 Å². The third kappa shape index (κ3) is 3.76. The number of thiocarbonyl (C=S) groups is 1. The lowest BCUT2D eigenvalue weighted by Gasteiger charge is -2.02. The highest BCUT2D eigenvalue weighted by Gasteiger charge is 2.18. The third-order valence-corrected chi connectivity index (χ3v) is 3.55. The number of hydrogen-bond acceptors (Lipinski definition) is 4. The molecule has 1 aromatic heterocycles. The van der Waals surface area contributed by atoms with Crippen LogP contribution in [0.3, 0.4) is 0 Å². The molecular weight excluding hydrogens is 260 g/mol. The largest absolute Gasteiger partial charge is 0.392 e. The lowest BCUT2D eigenvalue weighted by molar-refractivity contribution is 0.582. The Labute approximate surface area is 106 Å². The first kappa shape index (κ1) is 14.1. The first-order valence-corrected chi connectivity index (χ1v) is 7.07. The van der Waals surface area contributed by atoms with E-state index in [1.807, 2.05) is 6.92 Å². The number of aryl methyl sites for hydroxylation is 2. The molecule has 1 heterocycles. The van der Waals surface area contributed by atoms with Crippen LogP contribution in [0.4, 0.5) is 0 Å². The highest BCUT2D eigenvalue weighted by molar-refractivity contribution is 7.89. The van der Waals surface area contributed by atoms with Gasteiger partial charge in [-0.25, -0.2) is 18.1 Å². The summed E-state index contributed by atoms with van der Waals surface area (Å²) in [6.45, 7) is 4.46. The fraction of sp³-hybridized carbons (Fsp3) is 0.556. The molecule has 96 valence electrons. The molecule has 17 heavy (non-hydrogen) atoms. The van der Waals surface area contributed by atoms with Gasteiger partial charge in [-0.2, -0.15) is 0 Å². The van der Waals surface area contributed by atoms with Crippen molar-refractivity contribution in [3.05, 3.63) is 12.0 Å². The second-order valence-electron chi connectivity index (χ2n) is 3.61. The summed E-state index contributed by atoms with van der Waals surface area (Å²) in [5, 5.41) is -0.000278. The minimum Gasteiger partial charge on any atom is -0.392 e. The van der Waals surface area contributed by atoms with Gasteiger partial charge in [-0.15, -0.1) is 0 Å². The van der Waals surface area contributed by atoms with Gasteiger partial charge in [0.1, 0.15) is 5.82 Å². The molecule has 0 radical (unpaired) electrons. The Hall–Kier alpha value is -0.990. The molecule has 8 heteroatoms. The zero-order valence-electron chi connectivity index (χ0n) is 9.80. The molecule has 0 fully saturated rings. The molecule has 0 saturated heterocycles. The first-order valence-electron chi connectivity index (χ1n) is 5.18. The molecule has 0 aliphatic heterocycles. The maximum Gasteiger partial charge on any atom is 0.259 e. The summed E-state index contributed by atoms with van der Waals surface area (Å²) in [5.41, 5.74) is 5.24. The molecule has 0 spiro atoms. The molecule has 0 unspecified atom stereocenters. The minimum atomic E-state index is -3.62. The van der Waals surface area contributed by atoms with Gasteiger partial charge >= 0.3 is 0 Å². The average Bonchev–Trinajstić information content (AvgIpc) is 2.59. The predicted octanol–water partition coefficient (Wildman–Crippen LogP) is 0.166. The highest BCUT2D eigenvalue weighted by Crippen LogP contribution is 2.09. The summed E-state index contributed by atoms with van der Waals surface area (Å²) in [6, 6.07) is 0. The van der Waals surface area contributed by atoms with E-state index in [9.17, 15) is 8.42 Å². The SMILES string of the molecule is CCCn1cc(S(=O)(=O)NCC(N)=S)nc1C. The maximum atomic E-state index is 11.8. The van der Waals surface area contributed by atoms with Crippen LogP contribution in [0.15, 0.2) is 11.2 Å². The van der Waals surface area contributed by atoms with Gasteiger partial charge in [-0.05, 0) is 13.3 Å². The Bertz CT molecular complexity index is 507. The topological polar surface area (TPSA) is 90.0 Å². The average molecular weight is 276 g/mol. The summed E-state index contributed by atoms with van der Waals surface area (Å²) in [7, 11) is -3.62. The van der Waals surface area contributed by atoms with E-state index >= 15 is 0 Å². The normalized spacial score (nSPS) is 11.6. The van der Waals surface area contributed by atoms with Crippen molar-refractivity contribution in [2.75, 3.05) is 6.54 Å². The van der Waals surface area contributed by atoms with E-state index in [4.69, 9.17) is 5.73 Å². The summed E-state index contributed by atoms with van der Waals surface area (Å²) >= 11 is 4.61. The van der Waals surface area contributed by atoms with E-state index in [1.54, 1.807) is 11.5 Å². The smallest absolute Gasteiger partial charge is 0.259 e. The van der Waals surface area contributed by atoms with Crippen LogP contribution in [-0.4, -0.2) is 29.5 Å². The molecule has 0 aromatic carbocycles. The van der Waals surface area contributed by atoms with Crippen molar-refractivity contribution in [3.8, 4) is 0 Å². The summed E-state index contributed by atoms with van der Waals surface area (Å²) in [4.78, 5) is 4.10. The van der Waals surface area contributed by atoms with Crippen molar-refractivity contribution in [1.82, 2.24) is 14.3 Å². The van der Waals surface area contributed by atoms with Gasteiger partial charge in [0.25, 0.3) is 10.0 Å². The second kappa shape index (κ2) is 5.56.